The summed E-state index contributed by atoms with van der Waals surface area (Å²) >= 11 is 0. The number of nitrogens with two attached hydrogens (primary N) is 1. The lowest BCUT2D eigenvalue weighted by molar-refractivity contribution is -0.383. The minimum atomic E-state index is -0.558. The molecule has 6 heteroatoms. The highest BCUT2D eigenvalue weighted by Gasteiger charge is 2.24. The first-order valence-electron chi connectivity index (χ1n) is 3.52. The molecule has 0 unspecified atom stereocenters. The Balaban J connectivity index is 2.59. The lowest BCUT2D eigenvalue weighted by Crippen LogP contribution is -1.97. The van der Waals surface area contributed by atoms with Crippen molar-refractivity contribution in [3.8, 4) is 11.5 Å². The number of fused-ring (bicyclic) bond motifs is 1. The van der Waals surface area contributed by atoms with Crippen LogP contribution in [0.15, 0.2) is 12.1 Å². The third-order valence-electron chi connectivity index (χ3n) is 1.75. The van der Waals surface area contributed by atoms with Crippen molar-refractivity contribution >= 4 is 11.4 Å². The number of hydrogen-bond donors (Lipinski definition) is 1. The maximum absolute atomic E-state index is 10.5. The Morgan fingerprint density at radius 3 is 2.92 bits per heavy atom. The largest absolute Gasteiger partial charge is 0.453 e. The molecule has 0 aromatic heterocycles. The van der Waals surface area contributed by atoms with Gasteiger partial charge in [0.1, 0.15) is 0 Å². The van der Waals surface area contributed by atoms with Gasteiger partial charge in [0.15, 0.2) is 17.2 Å². The van der Waals surface area contributed by atoms with Gasteiger partial charge in [0.2, 0.25) is 6.79 Å². The van der Waals surface area contributed by atoms with Gasteiger partial charge < -0.3 is 15.2 Å². The summed E-state index contributed by atoms with van der Waals surface area (Å²) in [6.45, 7) is 0.0563. The highest BCUT2D eigenvalue weighted by Crippen LogP contribution is 2.42. The number of nitrogens with zero attached hydrogens (tertiary/aromatic N) is 1. The Kier molecular flexibility index (Phi) is 1.48. The third kappa shape index (κ3) is 1.03. The molecule has 0 radical (unpaired) electrons. The van der Waals surface area contributed by atoms with Crippen LogP contribution in [0, 0.1) is 10.1 Å². The molecule has 2 N–H and O–H groups in total. The van der Waals surface area contributed by atoms with E-state index in [9.17, 15) is 10.1 Å². The molecule has 0 aliphatic carbocycles. The van der Waals surface area contributed by atoms with E-state index >= 15 is 0 Å². The summed E-state index contributed by atoms with van der Waals surface area (Å²) in [6, 6.07) is 2.76. The van der Waals surface area contributed by atoms with Gasteiger partial charge >= 0.3 is 0 Å². The van der Waals surface area contributed by atoms with Gasteiger partial charge in [0.05, 0.1) is 4.92 Å². The summed E-state index contributed by atoms with van der Waals surface area (Å²) in [7, 11) is 0. The summed E-state index contributed by atoms with van der Waals surface area (Å²) in [5, 5.41) is 10.5. The molecular formula is C7H6N2O4. The Morgan fingerprint density at radius 1 is 1.46 bits per heavy atom. The zero-order chi connectivity index (χ0) is 9.42. The van der Waals surface area contributed by atoms with Crippen molar-refractivity contribution in [2.45, 2.75) is 0 Å². The Labute approximate surface area is 73.0 Å². The molecule has 0 amide bonds. The molecule has 0 spiro atoms. The predicted molar refractivity (Wildman–Crippen MR) is 43.6 cm³/mol. The van der Waals surface area contributed by atoms with Crippen LogP contribution in [0.25, 0.3) is 0 Å². The molecule has 2 rings (SSSR count). The highest BCUT2D eigenvalue weighted by atomic mass is 16.7. The smallest absolute Gasteiger partial charge is 0.296 e. The van der Waals surface area contributed by atoms with E-state index in [1.54, 1.807) is 0 Å². The molecule has 1 aromatic carbocycles. The van der Waals surface area contributed by atoms with Crippen molar-refractivity contribution in [1.29, 1.82) is 0 Å². The van der Waals surface area contributed by atoms with Gasteiger partial charge in [-0.15, -0.1) is 0 Å². The Hall–Kier alpha value is -1.98. The molecular weight excluding hydrogens is 176 g/mol. The summed E-state index contributed by atoms with van der Waals surface area (Å²) < 4.78 is 9.96. The molecule has 0 saturated carbocycles. The zero-order valence-electron chi connectivity index (χ0n) is 6.52. The summed E-state index contributed by atoms with van der Waals surface area (Å²) in [6.07, 6.45) is 0. The van der Waals surface area contributed by atoms with E-state index in [1.807, 2.05) is 0 Å². The first kappa shape index (κ1) is 7.66. The molecule has 1 aliphatic heterocycles. The maximum atomic E-state index is 10.5. The van der Waals surface area contributed by atoms with Gasteiger partial charge in [-0.3, -0.25) is 10.1 Å². The van der Waals surface area contributed by atoms with Crippen LogP contribution in [-0.4, -0.2) is 11.7 Å². The SMILES string of the molecule is Nc1c([N+](=O)[O-])ccc2c1OCO2. The highest BCUT2D eigenvalue weighted by molar-refractivity contribution is 5.72. The molecule has 0 bridgehead atoms. The molecule has 6 nitrogen and oxygen atoms in total. The first-order chi connectivity index (χ1) is 6.20. The van der Waals surface area contributed by atoms with E-state index in [-0.39, 0.29) is 23.9 Å². The van der Waals surface area contributed by atoms with Crippen LogP contribution in [0.5, 0.6) is 11.5 Å². The number of nitro benzene ring substituents is 1. The van der Waals surface area contributed by atoms with Crippen molar-refractivity contribution in [2.75, 3.05) is 12.5 Å². The van der Waals surface area contributed by atoms with Crippen molar-refractivity contribution in [2.24, 2.45) is 0 Å². The van der Waals surface area contributed by atoms with E-state index in [0.717, 1.165) is 0 Å². The normalized spacial score (nSPS) is 12.9. The third-order valence-corrected chi connectivity index (χ3v) is 1.75. The minimum absolute atomic E-state index is 0.0139. The second-order valence-electron chi connectivity index (χ2n) is 2.49. The minimum Gasteiger partial charge on any atom is -0.453 e. The molecule has 1 aliphatic rings. The van der Waals surface area contributed by atoms with Gasteiger partial charge in [-0.2, -0.15) is 0 Å². The average molecular weight is 182 g/mol. The lowest BCUT2D eigenvalue weighted by atomic mass is 10.2. The number of anilines is 1. The van der Waals surface area contributed by atoms with E-state index in [4.69, 9.17) is 15.2 Å². The van der Waals surface area contributed by atoms with Gasteiger partial charge in [0, 0.05) is 6.07 Å². The number of nitrogen functional groups attached to an aromatic ring is 1. The van der Waals surface area contributed by atoms with Gasteiger partial charge in [-0.25, -0.2) is 0 Å². The Bertz CT molecular complexity index is 377. The second-order valence-corrected chi connectivity index (χ2v) is 2.49. The van der Waals surface area contributed by atoms with Gasteiger partial charge in [-0.05, 0) is 6.07 Å². The van der Waals surface area contributed by atoms with Crippen molar-refractivity contribution in [3.63, 3.8) is 0 Å². The van der Waals surface area contributed by atoms with E-state index in [1.165, 1.54) is 12.1 Å². The molecule has 0 fully saturated rings. The fourth-order valence-corrected chi connectivity index (χ4v) is 1.14. The van der Waals surface area contributed by atoms with Crippen LogP contribution in [0.3, 0.4) is 0 Å². The maximum Gasteiger partial charge on any atom is 0.296 e. The summed E-state index contributed by atoms with van der Waals surface area (Å²) in [4.78, 5) is 9.89. The number of ether oxygens (including phenoxy) is 2. The van der Waals surface area contributed by atoms with E-state index in [2.05, 4.69) is 0 Å². The summed E-state index contributed by atoms with van der Waals surface area (Å²) in [5.41, 5.74) is 5.34. The van der Waals surface area contributed by atoms with Crippen LogP contribution in [0.4, 0.5) is 11.4 Å². The zero-order valence-corrected chi connectivity index (χ0v) is 6.52. The van der Waals surface area contributed by atoms with Crippen molar-refractivity contribution in [1.82, 2.24) is 0 Å². The van der Waals surface area contributed by atoms with Crippen LogP contribution < -0.4 is 15.2 Å². The van der Waals surface area contributed by atoms with Crippen LogP contribution in [0.2, 0.25) is 0 Å². The molecule has 13 heavy (non-hydrogen) atoms. The second kappa shape index (κ2) is 2.51. The lowest BCUT2D eigenvalue weighted by Gasteiger charge is -2.00. The fourth-order valence-electron chi connectivity index (χ4n) is 1.14. The average Bonchev–Trinajstić information content (AvgIpc) is 2.52. The van der Waals surface area contributed by atoms with E-state index in [0.29, 0.717) is 5.75 Å². The van der Waals surface area contributed by atoms with Crippen LogP contribution >= 0.6 is 0 Å². The summed E-state index contributed by atoms with van der Waals surface area (Å²) in [5.74, 6) is 0.706. The molecule has 1 aromatic rings. The molecule has 68 valence electrons. The molecule has 0 atom stereocenters. The standard InChI is InChI=1S/C7H6N2O4/c8-6-4(9(10)11)1-2-5-7(6)13-3-12-5/h1-2H,3,8H2. The quantitative estimate of drug-likeness (QED) is 0.396. The Morgan fingerprint density at radius 2 is 2.23 bits per heavy atom. The van der Waals surface area contributed by atoms with Gasteiger partial charge in [0.25, 0.3) is 5.69 Å². The monoisotopic (exact) mass is 182 g/mol. The topological polar surface area (TPSA) is 87.6 Å². The molecule has 1 heterocycles. The van der Waals surface area contributed by atoms with Crippen LogP contribution in [-0.2, 0) is 0 Å². The van der Waals surface area contributed by atoms with Crippen molar-refractivity contribution < 1.29 is 14.4 Å². The number of hydrogen-bond acceptors (Lipinski definition) is 5. The van der Waals surface area contributed by atoms with Crippen molar-refractivity contribution in [3.05, 3.63) is 22.2 Å². The fraction of sp³-hybridized carbons (Fsp3) is 0.143. The number of nitro groups is 1. The van der Waals surface area contributed by atoms with Crippen LogP contribution in [0.1, 0.15) is 0 Å². The predicted octanol–water partition coefficient (Wildman–Crippen LogP) is 0.906. The van der Waals surface area contributed by atoms with E-state index < -0.39 is 4.92 Å². The first-order valence-corrected chi connectivity index (χ1v) is 3.52. The van der Waals surface area contributed by atoms with Gasteiger partial charge in [-0.1, -0.05) is 0 Å². The number of rotatable bonds is 1. The number of benzene rings is 1. The molecule has 0 saturated heterocycles.